The Balaban J connectivity index is 1.15. The Kier molecular flexibility index (Phi) is 7.46. The fourth-order valence-electron chi connectivity index (χ4n) is 5.16. The molecule has 0 saturated carbocycles. The van der Waals surface area contributed by atoms with Gasteiger partial charge in [-0.2, -0.15) is 0 Å². The molecule has 7 rings (SSSR count). The van der Waals surface area contributed by atoms with E-state index in [-0.39, 0.29) is 6.04 Å². The summed E-state index contributed by atoms with van der Waals surface area (Å²) in [6.07, 6.45) is 9.73. The van der Waals surface area contributed by atoms with Gasteiger partial charge in [0.15, 0.2) is 0 Å². The Hall–Kier alpha value is -4.78. The van der Waals surface area contributed by atoms with Crippen molar-refractivity contribution < 1.29 is 0 Å². The summed E-state index contributed by atoms with van der Waals surface area (Å²) in [5.74, 6) is 0. The van der Waals surface area contributed by atoms with E-state index >= 15 is 0 Å². The summed E-state index contributed by atoms with van der Waals surface area (Å²) in [6.45, 7) is 0. The second kappa shape index (κ2) is 12.0. The summed E-state index contributed by atoms with van der Waals surface area (Å²) < 4.78 is 0. The molecule has 6 aromatic rings. The minimum atomic E-state index is 0.275. The van der Waals surface area contributed by atoms with Crippen LogP contribution in [-0.2, 0) is 0 Å². The topological polar surface area (TPSA) is 32.3 Å². The normalized spacial score (nSPS) is 14.1. The molecule has 4 nitrogen and oxygen atoms in total. The van der Waals surface area contributed by atoms with Gasteiger partial charge in [0.1, 0.15) is 16.4 Å². The lowest BCUT2D eigenvalue weighted by Gasteiger charge is -2.31. The average Bonchev–Trinajstić information content (AvgIpc) is 3.75. The minimum Gasteiger partial charge on any atom is -0.326 e. The largest absolute Gasteiger partial charge is 0.326 e. The number of thiophene rings is 2. The van der Waals surface area contributed by atoms with Crippen molar-refractivity contribution in [2.45, 2.75) is 12.5 Å². The van der Waals surface area contributed by atoms with Gasteiger partial charge in [-0.1, -0.05) is 78.9 Å². The maximum absolute atomic E-state index is 4.66. The molecule has 6 heteroatoms. The Morgan fingerprint density at radius 2 is 1.05 bits per heavy atom. The number of aromatic nitrogens is 2. The number of allylic oxidation sites excluding steroid dienone is 2. The molecule has 0 spiro atoms. The standard InChI is InChI=1S/C36H28N4S2/c1-5-13-27(14-6-1)39(28-15-7-2-8-16-28)35-25-23-33(41-35)31-21-22-32(38-37-31)34-24-26-36(42-34)40(29-17-9-3-10-18-29)30-19-11-4-12-20-30/h1-19,21-26,30H,20H2. The lowest BCUT2D eigenvalue weighted by molar-refractivity contribution is 0.790. The van der Waals surface area contributed by atoms with Crippen molar-refractivity contribution in [1.82, 2.24) is 10.2 Å². The van der Waals surface area contributed by atoms with Crippen LogP contribution >= 0.6 is 22.7 Å². The van der Waals surface area contributed by atoms with Gasteiger partial charge in [-0.05, 0) is 79.2 Å². The van der Waals surface area contributed by atoms with Gasteiger partial charge in [-0.15, -0.1) is 32.9 Å². The second-order valence-electron chi connectivity index (χ2n) is 9.91. The summed E-state index contributed by atoms with van der Waals surface area (Å²) in [7, 11) is 0. The monoisotopic (exact) mass is 580 g/mol. The molecule has 0 saturated heterocycles. The Bertz CT molecular complexity index is 1770. The first kappa shape index (κ1) is 26.1. The van der Waals surface area contributed by atoms with Crippen LogP contribution in [0.2, 0.25) is 0 Å². The molecule has 204 valence electrons. The van der Waals surface area contributed by atoms with Crippen molar-refractivity contribution in [2.75, 3.05) is 9.80 Å². The average molecular weight is 581 g/mol. The highest BCUT2D eigenvalue weighted by molar-refractivity contribution is 7.19. The zero-order valence-corrected chi connectivity index (χ0v) is 24.5. The van der Waals surface area contributed by atoms with E-state index in [0.717, 1.165) is 43.9 Å². The molecule has 0 radical (unpaired) electrons. The van der Waals surface area contributed by atoms with Crippen LogP contribution in [0.3, 0.4) is 0 Å². The molecule has 1 aliphatic rings. The molecular formula is C36H28N4S2. The summed E-state index contributed by atoms with van der Waals surface area (Å²) in [4.78, 5) is 6.87. The number of para-hydroxylation sites is 3. The van der Waals surface area contributed by atoms with E-state index in [2.05, 4.69) is 160 Å². The molecule has 1 atom stereocenters. The molecule has 0 amide bonds. The first-order valence-electron chi connectivity index (χ1n) is 14.0. The van der Waals surface area contributed by atoms with Gasteiger partial charge in [0.2, 0.25) is 0 Å². The van der Waals surface area contributed by atoms with Gasteiger partial charge >= 0.3 is 0 Å². The molecule has 3 aromatic carbocycles. The Morgan fingerprint density at radius 1 is 0.524 bits per heavy atom. The van der Waals surface area contributed by atoms with Crippen molar-refractivity contribution in [3.8, 4) is 21.1 Å². The first-order chi connectivity index (χ1) is 20.8. The van der Waals surface area contributed by atoms with Crippen molar-refractivity contribution in [1.29, 1.82) is 0 Å². The molecule has 1 unspecified atom stereocenters. The van der Waals surface area contributed by atoms with Crippen molar-refractivity contribution >= 4 is 49.7 Å². The zero-order chi connectivity index (χ0) is 28.1. The number of benzene rings is 3. The van der Waals surface area contributed by atoms with E-state index in [1.807, 2.05) is 12.1 Å². The molecule has 0 bridgehead atoms. The number of anilines is 5. The molecule has 3 heterocycles. The van der Waals surface area contributed by atoms with Crippen LogP contribution < -0.4 is 9.80 Å². The second-order valence-corrected chi connectivity index (χ2v) is 12.0. The summed E-state index contributed by atoms with van der Waals surface area (Å²) in [6, 6.07) is 44.6. The molecule has 0 N–H and O–H groups in total. The van der Waals surface area contributed by atoms with Crippen LogP contribution in [0.25, 0.3) is 21.1 Å². The molecule has 1 aliphatic carbocycles. The van der Waals surface area contributed by atoms with Gasteiger partial charge in [0.25, 0.3) is 0 Å². The van der Waals surface area contributed by atoms with Crippen LogP contribution in [-0.4, -0.2) is 16.2 Å². The molecule has 0 aliphatic heterocycles. The number of hydrogen-bond acceptors (Lipinski definition) is 6. The highest BCUT2D eigenvalue weighted by atomic mass is 32.1. The van der Waals surface area contributed by atoms with E-state index in [0.29, 0.717) is 0 Å². The molecule has 42 heavy (non-hydrogen) atoms. The lowest BCUT2D eigenvalue weighted by atomic mass is 10.1. The lowest BCUT2D eigenvalue weighted by Crippen LogP contribution is -2.28. The minimum absolute atomic E-state index is 0.275. The maximum atomic E-state index is 4.66. The molecular weight excluding hydrogens is 553 g/mol. The van der Waals surface area contributed by atoms with E-state index in [9.17, 15) is 0 Å². The predicted molar refractivity (Wildman–Crippen MR) is 179 cm³/mol. The number of rotatable bonds is 8. The van der Waals surface area contributed by atoms with Crippen LogP contribution in [0.1, 0.15) is 6.42 Å². The van der Waals surface area contributed by atoms with Gasteiger partial charge in [-0.25, -0.2) is 0 Å². The Labute approximate surface area is 254 Å². The van der Waals surface area contributed by atoms with E-state index in [1.165, 1.54) is 10.7 Å². The maximum Gasteiger partial charge on any atom is 0.103 e. The van der Waals surface area contributed by atoms with Crippen LogP contribution in [0, 0.1) is 0 Å². The summed E-state index contributed by atoms with van der Waals surface area (Å²) in [5, 5.41) is 11.6. The fourth-order valence-corrected chi connectivity index (χ4v) is 7.23. The van der Waals surface area contributed by atoms with Crippen LogP contribution in [0.4, 0.5) is 27.1 Å². The summed E-state index contributed by atoms with van der Waals surface area (Å²) >= 11 is 3.46. The predicted octanol–water partition coefficient (Wildman–Crippen LogP) is 10.4. The van der Waals surface area contributed by atoms with Gasteiger partial charge in [0, 0.05) is 17.1 Å². The van der Waals surface area contributed by atoms with Crippen LogP contribution in [0.15, 0.2) is 152 Å². The quantitative estimate of drug-likeness (QED) is 0.179. The number of hydrogen-bond donors (Lipinski definition) is 0. The summed E-state index contributed by atoms with van der Waals surface area (Å²) in [5.41, 5.74) is 5.19. The van der Waals surface area contributed by atoms with E-state index in [4.69, 9.17) is 0 Å². The van der Waals surface area contributed by atoms with E-state index < -0.39 is 0 Å². The number of nitrogens with zero attached hydrogens (tertiary/aromatic N) is 4. The third-order valence-corrected chi connectivity index (χ3v) is 9.36. The third-order valence-electron chi connectivity index (χ3n) is 7.16. The molecule has 0 fully saturated rings. The first-order valence-corrected chi connectivity index (χ1v) is 15.6. The SMILES string of the molecule is C1=CCC(N(c2ccccc2)c2ccc(-c3ccc(-c4ccc(N(c5ccccc5)c5ccccc5)s4)nn3)s2)C=C1. The van der Waals surface area contributed by atoms with E-state index in [1.54, 1.807) is 22.7 Å². The van der Waals surface area contributed by atoms with Gasteiger partial charge in [0.05, 0.1) is 20.8 Å². The van der Waals surface area contributed by atoms with Crippen molar-refractivity contribution in [2.24, 2.45) is 0 Å². The fraction of sp³-hybridized carbons (Fsp3) is 0.0556. The van der Waals surface area contributed by atoms with Crippen LogP contribution in [0.5, 0.6) is 0 Å². The van der Waals surface area contributed by atoms with Gasteiger partial charge in [-0.3, -0.25) is 0 Å². The smallest absolute Gasteiger partial charge is 0.103 e. The Morgan fingerprint density at radius 3 is 1.57 bits per heavy atom. The third kappa shape index (κ3) is 5.42. The van der Waals surface area contributed by atoms with Crippen molar-refractivity contribution in [3.63, 3.8) is 0 Å². The van der Waals surface area contributed by atoms with Crippen molar-refractivity contribution in [3.05, 3.63) is 152 Å². The highest BCUT2D eigenvalue weighted by Gasteiger charge is 2.21. The van der Waals surface area contributed by atoms with Gasteiger partial charge < -0.3 is 9.80 Å². The highest BCUT2D eigenvalue weighted by Crippen LogP contribution is 2.42. The zero-order valence-electron chi connectivity index (χ0n) is 22.8. The molecule has 3 aromatic heterocycles.